The van der Waals surface area contributed by atoms with Crippen molar-refractivity contribution in [3.8, 4) is 22.6 Å². The number of benzene rings is 2. The van der Waals surface area contributed by atoms with E-state index in [0.29, 0.717) is 11.1 Å². The third-order valence-electron chi connectivity index (χ3n) is 3.66. The molecule has 2 aromatic carbocycles. The third-order valence-corrected chi connectivity index (χ3v) is 4.63. The number of hydrogen-bond acceptors (Lipinski definition) is 6. The van der Waals surface area contributed by atoms with Gasteiger partial charge in [0.05, 0.1) is 7.11 Å². The van der Waals surface area contributed by atoms with E-state index in [1.807, 2.05) is 0 Å². The van der Waals surface area contributed by atoms with Gasteiger partial charge in [-0.15, -0.1) is 0 Å². The molecule has 0 saturated carbocycles. The van der Waals surface area contributed by atoms with Crippen LogP contribution in [0.15, 0.2) is 36.4 Å². The van der Waals surface area contributed by atoms with Crippen LogP contribution >= 0.6 is 0 Å². The summed E-state index contributed by atoms with van der Waals surface area (Å²) < 4.78 is 74.6. The van der Waals surface area contributed by atoms with E-state index in [2.05, 4.69) is 8.92 Å². The second-order valence-electron chi connectivity index (χ2n) is 5.27. The Morgan fingerprint density at radius 3 is 2.50 bits per heavy atom. The number of ether oxygens (including phenoxy) is 2. The normalized spacial score (nSPS) is 13.2. The average Bonchev–Trinajstić information content (AvgIpc) is 2.59. The van der Waals surface area contributed by atoms with E-state index in [-0.39, 0.29) is 12.4 Å². The fourth-order valence-electron chi connectivity index (χ4n) is 2.46. The van der Waals surface area contributed by atoms with E-state index in [1.54, 1.807) is 24.3 Å². The summed E-state index contributed by atoms with van der Waals surface area (Å²) >= 11 is 0. The first-order valence-corrected chi connectivity index (χ1v) is 8.53. The van der Waals surface area contributed by atoms with E-state index in [1.165, 1.54) is 6.07 Å². The molecule has 0 N–H and O–H groups in total. The van der Waals surface area contributed by atoms with Crippen molar-refractivity contribution >= 4 is 16.1 Å². The van der Waals surface area contributed by atoms with Gasteiger partial charge in [-0.1, -0.05) is 24.3 Å². The van der Waals surface area contributed by atoms with Crippen LogP contribution in [0.1, 0.15) is 15.9 Å². The van der Waals surface area contributed by atoms with Crippen LogP contribution in [0.25, 0.3) is 11.1 Å². The Morgan fingerprint density at radius 2 is 1.85 bits per heavy atom. The van der Waals surface area contributed by atoms with E-state index in [9.17, 15) is 26.4 Å². The molecule has 0 atom stereocenters. The van der Waals surface area contributed by atoms with Gasteiger partial charge in [0, 0.05) is 11.6 Å². The van der Waals surface area contributed by atoms with Gasteiger partial charge in [0.25, 0.3) is 0 Å². The zero-order chi connectivity index (χ0) is 19.1. The first kappa shape index (κ1) is 18.1. The molecule has 1 heterocycles. The lowest BCUT2D eigenvalue weighted by Gasteiger charge is -2.22. The SMILES string of the molecule is COC(=O)c1cc2c(cc1OS(=O)(=O)C(F)(F)F)OCc1ccccc1-2. The minimum atomic E-state index is -5.97. The summed E-state index contributed by atoms with van der Waals surface area (Å²) in [5.41, 5.74) is -4.22. The van der Waals surface area contributed by atoms with Crippen LogP contribution in [0.2, 0.25) is 0 Å². The van der Waals surface area contributed by atoms with Crippen LogP contribution in [0.4, 0.5) is 13.2 Å². The molecule has 0 fully saturated rings. The summed E-state index contributed by atoms with van der Waals surface area (Å²) in [5, 5.41) is 0. The molecule has 1 aliphatic heterocycles. The maximum atomic E-state index is 12.6. The van der Waals surface area contributed by atoms with Crippen molar-refractivity contribution < 1.29 is 40.0 Å². The Morgan fingerprint density at radius 1 is 1.15 bits per heavy atom. The van der Waals surface area contributed by atoms with Crippen molar-refractivity contribution in [1.29, 1.82) is 0 Å². The monoisotopic (exact) mass is 388 g/mol. The molecule has 0 amide bonds. The molecule has 3 rings (SSSR count). The molecular weight excluding hydrogens is 377 g/mol. The lowest BCUT2D eigenvalue weighted by Crippen LogP contribution is -2.28. The number of halogens is 3. The zero-order valence-electron chi connectivity index (χ0n) is 13.2. The highest BCUT2D eigenvalue weighted by Crippen LogP contribution is 2.42. The Balaban J connectivity index is 2.17. The largest absolute Gasteiger partial charge is 0.534 e. The standard InChI is InChI=1S/C16H11F3O6S/c1-23-15(20)12-6-11-10-5-3-2-4-9(10)8-24-13(11)7-14(12)25-26(21,22)16(17,18)19/h2-7H,8H2,1H3. The van der Waals surface area contributed by atoms with E-state index >= 15 is 0 Å². The predicted molar refractivity (Wildman–Crippen MR) is 83.2 cm³/mol. The number of fused-ring (bicyclic) bond motifs is 3. The number of carbonyl (C=O) groups excluding carboxylic acids is 1. The van der Waals surface area contributed by atoms with Gasteiger partial charge in [0.2, 0.25) is 0 Å². The average molecular weight is 388 g/mol. The van der Waals surface area contributed by atoms with Crippen molar-refractivity contribution in [2.24, 2.45) is 0 Å². The second-order valence-corrected chi connectivity index (χ2v) is 6.80. The van der Waals surface area contributed by atoms with Gasteiger partial charge in [-0.25, -0.2) is 4.79 Å². The van der Waals surface area contributed by atoms with Gasteiger partial charge >= 0.3 is 21.6 Å². The number of esters is 1. The lowest BCUT2D eigenvalue weighted by atomic mass is 9.95. The molecule has 0 aliphatic carbocycles. The Bertz CT molecular complexity index is 982. The van der Waals surface area contributed by atoms with Gasteiger partial charge in [-0.05, 0) is 17.2 Å². The van der Waals surface area contributed by atoms with Gasteiger partial charge in [0.15, 0.2) is 5.75 Å². The second kappa shape index (κ2) is 6.20. The molecule has 0 spiro atoms. The van der Waals surface area contributed by atoms with Gasteiger partial charge in [-0.2, -0.15) is 21.6 Å². The number of carbonyl (C=O) groups is 1. The number of rotatable bonds is 3. The molecule has 0 radical (unpaired) electrons. The lowest BCUT2D eigenvalue weighted by molar-refractivity contribution is -0.0500. The van der Waals surface area contributed by atoms with Crippen molar-refractivity contribution in [3.63, 3.8) is 0 Å². The quantitative estimate of drug-likeness (QED) is 0.456. The first-order valence-electron chi connectivity index (χ1n) is 7.12. The summed E-state index contributed by atoms with van der Waals surface area (Å²) in [6, 6.07) is 9.16. The molecule has 0 aromatic heterocycles. The number of methoxy groups -OCH3 is 1. The minimum absolute atomic E-state index is 0.0868. The molecule has 2 aromatic rings. The number of hydrogen-bond donors (Lipinski definition) is 0. The third kappa shape index (κ3) is 3.07. The summed E-state index contributed by atoms with van der Waals surface area (Å²) in [4.78, 5) is 11.9. The minimum Gasteiger partial charge on any atom is -0.488 e. The Labute approximate surface area is 146 Å². The summed E-state index contributed by atoms with van der Waals surface area (Å²) in [5.74, 6) is -1.79. The van der Waals surface area contributed by atoms with Crippen LogP contribution in [0.3, 0.4) is 0 Å². The fourth-order valence-corrected chi connectivity index (χ4v) is 2.93. The molecular formula is C16H11F3O6S. The van der Waals surface area contributed by atoms with Gasteiger partial charge in [-0.3, -0.25) is 0 Å². The van der Waals surface area contributed by atoms with Crippen molar-refractivity contribution in [1.82, 2.24) is 0 Å². The maximum Gasteiger partial charge on any atom is 0.534 e. The predicted octanol–water partition coefficient (Wildman–Crippen LogP) is 3.26. The van der Waals surface area contributed by atoms with Gasteiger partial charge < -0.3 is 13.7 Å². The highest BCUT2D eigenvalue weighted by atomic mass is 32.2. The molecule has 6 nitrogen and oxygen atoms in total. The Kier molecular flexibility index (Phi) is 4.31. The molecule has 26 heavy (non-hydrogen) atoms. The molecule has 0 saturated heterocycles. The molecule has 0 unspecified atom stereocenters. The number of alkyl halides is 3. The fraction of sp³-hybridized carbons (Fsp3) is 0.188. The topological polar surface area (TPSA) is 78.9 Å². The van der Waals surface area contributed by atoms with Crippen molar-refractivity contribution in [2.75, 3.05) is 7.11 Å². The molecule has 0 bridgehead atoms. The first-order chi connectivity index (χ1) is 12.1. The van der Waals surface area contributed by atoms with E-state index < -0.39 is 32.9 Å². The molecule has 1 aliphatic rings. The van der Waals surface area contributed by atoms with Crippen LogP contribution < -0.4 is 8.92 Å². The Hall–Kier alpha value is -2.75. The highest BCUT2D eigenvalue weighted by molar-refractivity contribution is 7.88. The maximum absolute atomic E-state index is 12.6. The molecule has 138 valence electrons. The summed E-state index contributed by atoms with van der Waals surface area (Å²) in [6.07, 6.45) is 0. The summed E-state index contributed by atoms with van der Waals surface area (Å²) in [7, 11) is -4.96. The van der Waals surface area contributed by atoms with E-state index in [4.69, 9.17) is 4.74 Å². The van der Waals surface area contributed by atoms with Crippen LogP contribution in [-0.2, 0) is 21.5 Å². The van der Waals surface area contributed by atoms with E-state index in [0.717, 1.165) is 18.7 Å². The van der Waals surface area contributed by atoms with Crippen LogP contribution in [-0.4, -0.2) is 27.0 Å². The smallest absolute Gasteiger partial charge is 0.488 e. The van der Waals surface area contributed by atoms with Crippen molar-refractivity contribution in [3.05, 3.63) is 47.5 Å². The van der Waals surface area contributed by atoms with Crippen LogP contribution in [0.5, 0.6) is 11.5 Å². The van der Waals surface area contributed by atoms with Crippen molar-refractivity contribution in [2.45, 2.75) is 12.1 Å². The van der Waals surface area contributed by atoms with Crippen LogP contribution in [0, 0.1) is 0 Å². The summed E-state index contributed by atoms with van der Waals surface area (Å²) in [6.45, 7) is 0.131. The highest BCUT2D eigenvalue weighted by Gasteiger charge is 2.49. The molecule has 10 heteroatoms. The zero-order valence-corrected chi connectivity index (χ0v) is 14.0. The van der Waals surface area contributed by atoms with Gasteiger partial charge in [0.1, 0.15) is 17.9 Å².